The van der Waals surface area contributed by atoms with E-state index in [1.165, 1.54) is 0 Å². The van der Waals surface area contributed by atoms with Crippen LogP contribution in [0.3, 0.4) is 0 Å². The average Bonchev–Trinajstić information content (AvgIpc) is 3.09. The fraction of sp³-hybridized carbons (Fsp3) is 0.200. The van der Waals surface area contributed by atoms with Gasteiger partial charge < -0.3 is 14.2 Å². The zero-order valence-corrected chi connectivity index (χ0v) is 15.0. The zero-order valence-electron chi connectivity index (χ0n) is 14.3. The van der Waals surface area contributed by atoms with E-state index in [9.17, 15) is 4.79 Å². The number of carbonyl (C=O) groups excluding carboxylic acids is 1. The van der Waals surface area contributed by atoms with Crippen LogP contribution in [0, 0.1) is 0 Å². The number of nitrogens with zero attached hydrogens (tertiary/aromatic N) is 4. The van der Waals surface area contributed by atoms with Gasteiger partial charge in [0.15, 0.2) is 0 Å². The lowest BCUT2D eigenvalue weighted by Gasteiger charge is -2.35. The lowest BCUT2D eigenvalue weighted by Crippen LogP contribution is -2.48. The summed E-state index contributed by atoms with van der Waals surface area (Å²) < 4.78 is 1.96. The van der Waals surface area contributed by atoms with E-state index in [1.807, 2.05) is 64.0 Å². The van der Waals surface area contributed by atoms with Crippen LogP contribution >= 0.6 is 11.6 Å². The van der Waals surface area contributed by atoms with E-state index in [0.717, 1.165) is 35.1 Å². The number of fused-ring (bicyclic) bond motifs is 1. The number of anilines is 1. The average molecular weight is 367 g/mol. The molecule has 132 valence electrons. The molecule has 1 aromatic carbocycles. The zero-order chi connectivity index (χ0) is 17.9. The third-order valence-corrected chi connectivity index (χ3v) is 4.84. The van der Waals surface area contributed by atoms with Crippen molar-refractivity contribution in [3.8, 4) is 0 Å². The van der Waals surface area contributed by atoms with Crippen molar-refractivity contribution in [3.05, 3.63) is 71.7 Å². The molecule has 0 saturated carbocycles. The summed E-state index contributed by atoms with van der Waals surface area (Å²) in [5.74, 6) is 0.0293. The number of halogens is 1. The van der Waals surface area contributed by atoms with E-state index in [2.05, 4.69) is 9.88 Å². The predicted molar refractivity (Wildman–Crippen MR) is 104 cm³/mol. The Balaban J connectivity index is 1.39. The minimum Gasteiger partial charge on any atom is -0.368 e. The molecule has 0 radical (unpaired) electrons. The van der Waals surface area contributed by atoms with Crippen LogP contribution in [-0.2, 0) is 4.79 Å². The lowest BCUT2D eigenvalue weighted by atomic mass is 10.2. The van der Waals surface area contributed by atoms with Crippen molar-refractivity contribution in [2.75, 3.05) is 31.1 Å². The van der Waals surface area contributed by atoms with Crippen LogP contribution in [0.1, 0.15) is 5.69 Å². The SMILES string of the molecule is O=C(/C=C/c1cnc2ccccn12)N1CCN(c2cccc(Cl)c2)CC1. The van der Waals surface area contributed by atoms with Gasteiger partial charge in [-0.2, -0.15) is 0 Å². The van der Waals surface area contributed by atoms with Crippen molar-refractivity contribution >= 4 is 34.9 Å². The molecule has 2 aromatic heterocycles. The van der Waals surface area contributed by atoms with E-state index in [0.29, 0.717) is 13.1 Å². The molecule has 0 spiro atoms. The second-order valence-electron chi connectivity index (χ2n) is 6.24. The molecule has 0 bridgehead atoms. The summed E-state index contributed by atoms with van der Waals surface area (Å²) in [6, 6.07) is 13.7. The molecule has 4 rings (SSSR count). The standard InChI is InChI=1S/C20H19ClN4O/c21-16-4-3-5-17(14-16)23-10-12-24(13-11-23)20(26)8-7-18-15-22-19-6-1-2-9-25(18)19/h1-9,14-15H,10-13H2/b8-7+. The maximum atomic E-state index is 12.5. The molecular formula is C20H19ClN4O. The minimum absolute atomic E-state index is 0.0293. The molecule has 0 unspecified atom stereocenters. The number of piperazine rings is 1. The van der Waals surface area contributed by atoms with Crippen molar-refractivity contribution in [1.29, 1.82) is 0 Å². The monoisotopic (exact) mass is 366 g/mol. The highest BCUT2D eigenvalue weighted by Crippen LogP contribution is 2.21. The van der Waals surface area contributed by atoms with Crippen LogP contribution in [0.5, 0.6) is 0 Å². The second-order valence-corrected chi connectivity index (χ2v) is 6.67. The Morgan fingerprint density at radius 2 is 1.92 bits per heavy atom. The molecule has 1 saturated heterocycles. The Kier molecular flexibility index (Phi) is 4.63. The molecule has 1 fully saturated rings. The number of aromatic nitrogens is 2. The number of amides is 1. The molecule has 26 heavy (non-hydrogen) atoms. The van der Waals surface area contributed by atoms with Gasteiger partial charge in [-0.05, 0) is 36.4 Å². The molecule has 3 aromatic rings. The fourth-order valence-electron chi connectivity index (χ4n) is 3.20. The second kappa shape index (κ2) is 7.22. The summed E-state index contributed by atoms with van der Waals surface area (Å²) in [7, 11) is 0. The maximum absolute atomic E-state index is 12.5. The Morgan fingerprint density at radius 1 is 1.08 bits per heavy atom. The van der Waals surface area contributed by atoms with Crippen LogP contribution in [0.25, 0.3) is 11.7 Å². The molecular weight excluding hydrogens is 348 g/mol. The first-order valence-electron chi connectivity index (χ1n) is 8.60. The Bertz CT molecular complexity index is 957. The first-order valence-corrected chi connectivity index (χ1v) is 8.98. The number of hydrogen-bond acceptors (Lipinski definition) is 3. The molecule has 3 heterocycles. The molecule has 6 heteroatoms. The quantitative estimate of drug-likeness (QED) is 0.667. The highest BCUT2D eigenvalue weighted by Gasteiger charge is 2.20. The van der Waals surface area contributed by atoms with Crippen LogP contribution < -0.4 is 4.90 Å². The molecule has 0 aliphatic carbocycles. The summed E-state index contributed by atoms with van der Waals surface area (Å²) in [6.07, 6.45) is 7.17. The lowest BCUT2D eigenvalue weighted by molar-refractivity contribution is -0.126. The van der Waals surface area contributed by atoms with Crippen LogP contribution in [0.2, 0.25) is 5.02 Å². The minimum atomic E-state index is 0.0293. The number of rotatable bonds is 3. The van der Waals surface area contributed by atoms with Gasteiger partial charge in [0.1, 0.15) is 5.65 Å². The normalized spacial score (nSPS) is 15.1. The first-order chi connectivity index (χ1) is 12.7. The summed E-state index contributed by atoms with van der Waals surface area (Å²) in [6.45, 7) is 3.00. The van der Waals surface area contributed by atoms with Crippen molar-refractivity contribution in [2.45, 2.75) is 0 Å². The molecule has 5 nitrogen and oxygen atoms in total. The smallest absolute Gasteiger partial charge is 0.246 e. The summed E-state index contributed by atoms with van der Waals surface area (Å²) in [5, 5.41) is 0.733. The molecule has 1 aliphatic heterocycles. The van der Waals surface area contributed by atoms with Gasteiger partial charge in [-0.3, -0.25) is 4.79 Å². The highest BCUT2D eigenvalue weighted by atomic mass is 35.5. The largest absolute Gasteiger partial charge is 0.368 e. The Hall–Kier alpha value is -2.79. The van der Waals surface area contributed by atoms with Crippen LogP contribution in [-0.4, -0.2) is 46.4 Å². The van der Waals surface area contributed by atoms with Gasteiger partial charge in [0.25, 0.3) is 0 Å². The third-order valence-electron chi connectivity index (χ3n) is 4.61. The number of carbonyl (C=O) groups is 1. The van der Waals surface area contributed by atoms with E-state index >= 15 is 0 Å². The van der Waals surface area contributed by atoms with Gasteiger partial charge in [0.2, 0.25) is 5.91 Å². The van der Waals surface area contributed by atoms with Gasteiger partial charge in [0.05, 0.1) is 11.9 Å². The van der Waals surface area contributed by atoms with Crippen molar-refractivity contribution < 1.29 is 4.79 Å². The van der Waals surface area contributed by atoms with Gasteiger partial charge in [-0.15, -0.1) is 0 Å². The molecule has 1 aliphatic rings. The predicted octanol–water partition coefficient (Wildman–Crippen LogP) is 3.35. The summed E-state index contributed by atoms with van der Waals surface area (Å²) in [5.41, 5.74) is 2.87. The molecule has 0 atom stereocenters. The Morgan fingerprint density at radius 3 is 2.73 bits per heavy atom. The van der Waals surface area contributed by atoms with E-state index < -0.39 is 0 Å². The Labute approximate surface area is 157 Å². The van der Waals surface area contributed by atoms with E-state index in [1.54, 1.807) is 12.3 Å². The van der Waals surface area contributed by atoms with Crippen molar-refractivity contribution in [1.82, 2.24) is 14.3 Å². The third kappa shape index (κ3) is 3.44. The van der Waals surface area contributed by atoms with Gasteiger partial charge in [0, 0.05) is 49.2 Å². The summed E-state index contributed by atoms with van der Waals surface area (Å²) >= 11 is 6.07. The fourth-order valence-corrected chi connectivity index (χ4v) is 3.38. The number of imidazole rings is 1. The van der Waals surface area contributed by atoms with Crippen molar-refractivity contribution in [2.24, 2.45) is 0 Å². The maximum Gasteiger partial charge on any atom is 0.246 e. The molecule has 1 amide bonds. The van der Waals surface area contributed by atoms with Gasteiger partial charge >= 0.3 is 0 Å². The van der Waals surface area contributed by atoms with Crippen molar-refractivity contribution in [3.63, 3.8) is 0 Å². The molecule has 0 N–H and O–H groups in total. The van der Waals surface area contributed by atoms with Gasteiger partial charge in [-0.1, -0.05) is 23.7 Å². The van der Waals surface area contributed by atoms with Gasteiger partial charge in [-0.25, -0.2) is 4.98 Å². The van der Waals surface area contributed by atoms with Crippen LogP contribution in [0.4, 0.5) is 5.69 Å². The summed E-state index contributed by atoms with van der Waals surface area (Å²) in [4.78, 5) is 21.0. The van der Waals surface area contributed by atoms with E-state index in [-0.39, 0.29) is 5.91 Å². The number of benzene rings is 1. The van der Waals surface area contributed by atoms with Crippen LogP contribution in [0.15, 0.2) is 60.9 Å². The topological polar surface area (TPSA) is 40.9 Å². The highest BCUT2D eigenvalue weighted by molar-refractivity contribution is 6.30. The van der Waals surface area contributed by atoms with E-state index in [4.69, 9.17) is 11.6 Å². The first kappa shape index (κ1) is 16.7. The number of hydrogen-bond donors (Lipinski definition) is 0. The number of pyridine rings is 1.